The fourth-order valence-electron chi connectivity index (χ4n) is 1.83. The van der Waals surface area contributed by atoms with Gasteiger partial charge in [0.1, 0.15) is 0 Å². The third kappa shape index (κ3) is 4.76. The van der Waals surface area contributed by atoms with Crippen LogP contribution in [0, 0.1) is 0 Å². The first kappa shape index (κ1) is 16.4. The van der Waals surface area contributed by atoms with Gasteiger partial charge in [0.15, 0.2) is 0 Å². The molecule has 4 nitrogen and oxygen atoms in total. The van der Waals surface area contributed by atoms with Crippen LogP contribution in [0.25, 0.3) is 0 Å². The Labute approximate surface area is 122 Å². The van der Waals surface area contributed by atoms with Crippen LogP contribution in [0.2, 0.25) is 4.34 Å². The van der Waals surface area contributed by atoms with E-state index in [1.54, 1.807) is 13.2 Å². The molecule has 1 aromatic rings. The highest BCUT2D eigenvalue weighted by Gasteiger charge is 2.28. The van der Waals surface area contributed by atoms with Crippen LogP contribution in [0.15, 0.2) is 12.1 Å². The number of hydrogen-bond acceptors (Lipinski definition) is 4. The summed E-state index contributed by atoms with van der Waals surface area (Å²) < 4.78 is 5.78. The molecule has 0 aliphatic heterocycles. The van der Waals surface area contributed by atoms with Crippen LogP contribution in [-0.2, 0) is 9.53 Å². The molecule has 0 aromatic carbocycles. The third-order valence-electron chi connectivity index (χ3n) is 2.97. The van der Waals surface area contributed by atoms with Gasteiger partial charge in [-0.3, -0.25) is 4.79 Å². The van der Waals surface area contributed by atoms with Crippen molar-refractivity contribution in [2.45, 2.75) is 31.7 Å². The minimum atomic E-state index is -0.560. The lowest BCUT2D eigenvalue weighted by atomic mass is 9.97. The summed E-state index contributed by atoms with van der Waals surface area (Å²) in [6.45, 7) is 4.05. The number of thiophene rings is 1. The second kappa shape index (κ2) is 7.24. The summed E-state index contributed by atoms with van der Waals surface area (Å²) >= 11 is 7.28. The number of amides is 1. The number of halogens is 1. The standard InChI is InChI=1S/C13H20ClNO3S/c1-9(10-4-5-11(14)19-10)12(17)15-13(2,6-7-16)8-18-3/h4-5,9,16H,6-8H2,1-3H3,(H,15,17). The zero-order valence-electron chi connectivity index (χ0n) is 11.4. The molecule has 0 aliphatic rings. The molecular formula is C13H20ClNO3S. The normalized spacial score (nSPS) is 15.8. The molecule has 108 valence electrons. The molecule has 0 aliphatic carbocycles. The molecule has 2 N–H and O–H groups in total. The Balaban J connectivity index is 2.71. The molecule has 0 saturated carbocycles. The number of carbonyl (C=O) groups excluding carboxylic acids is 1. The van der Waals surface area contributed by atoms with Crippen LogP contribution in [0.4, 0.5) is 0 Å². The summed E-state index contributed by atoms with van der Waals surface area (Å²) in [4.78, 5) is 13.2. The Bertz CT molecular complexity index is 416. The zero-order valence-corrected chi connectivity index (χ0v) is 13.0. The Hall–Kier alpha value is -0.620. The molecule has 1 rings (SSSR count). The lowest BCUT2D eigenvalue weighted by Crippen LogP contribution is -2.51. The van der Waals surface area contributed by atoms with Crippen molar-refractivity contribution in [2.24, 2.45) is 0 Å². The monoisotopic (exact) mass is 305 g/mol. The smallest absolute Gasteiger partial charge is 0.228 e. The van der Waals surface area contributed by atoms with Crippen molar-refractivity contribution >= 4 is 28.8 Å². The van der Waals surface area contributed by atoms with E-state index in [-0.39, 0.29) is 18.4 Å². The fourth-order valence-corrected chi connectivity index (χ4v) is 2.94. The van der Waals surface area contributed by atoms with Crippen molar-refractivity contribution in [3.63, 3.8) is 0 Å². The van der Waals surface area contributed by atoms with Gasteiger partial charge in [0.2, 0.25) is 5.91 Å². The first-order valence-electron chi connectivity index (χ1n) is 6.09. The molecule has 0 bridgehead atoms. The van der Waals surface area contributed by atoms with Crippen molar-refractivity contribution in [1.29, 1.82) is 0 Å². The SMILES string of the molecule is COCC(C)(CCO)NC(=O)C(C)c1ccc(Cl)s1. The van der Waals surface area contributed by atoms with Crippen molar-refractivity contribution in [3.8, 4) is 0 Å². The van der Waals surface area contributed by atoms with Crippen LogP contribution in [0.1, 0.15) is 31.1 Å². The number of carbonyl (C=O) groups is 1. The summed E-state index contributed by atoms with van der Waals surface area (Å²) in [6, 6.07) is 3.64. The van der Waals surface area contributed by atoms with Gasteiger partial charge in [-0.25, -0.2) is 0 Å². The average molecular weight is 306 g/mol. The molecule has 0 spiro atoms. The molecule has 1 aromatic heterocycles. The van der Waals surface area contributed by atoms with Crippen molar-refractivity contribution in [2.75, 3.05) is 20.3 Å². The van der Waals surface area contributed by atoms with Gasteiger partial charge < -0.3 is 15.2 Å². The van der Waals surface area contributed by atoms with Gasteiger partial charge in [0.05, 0.1) is 22.4 Å². The average Bonchev–Trinajstić information content (AvgIpc) is 2.75. The first-order valence-corrected chi connectivity index (χ1v) is 7.28. The summed E-state index contributed by atoms with van der Waals surface area (Å²) in [5, 5.41) is 12.0. The number of rotatable bonds is 7. The van der Waals surface area contributed by atoms with E-state index in [0.717, 1.165) is 4.88 Å². The topological polar surface area (TPSA) is 58.6 Å². The van der Waals surface area contributed by atoms with E-state index in [4.69, 9.17) is 21.4 Å². The lowest BCUT2D eigenvalue weighted by molar-refractivity contribution is -0.124. The van der Waals surface area contributed by atoms with Crippen LogP contribution >= 0.6 is 22.9 Å². The van der Waals surface area contributed by atoms with Gasteiger partial charge in [-0.05, 0) is 32.4 Å². The maximum Gasteiger partial charge on any atom is 0.228 e. The fraction of sp³-hybridized carbons (Fsp3) is 0.615. The van der Waals surface area contributed by atoms with Crippen molar-refractivity contribution < 1.29 is 14.6 Å². The summed E-state index contributed by atoms with van der Waals surface area (Å²) in [5.41, 5.74) is -0.560. The van der Waals surface area contributed by atoms with Crippen molar-refractivity contribution in [3.05, 3.63) is 21.3 Å². The highest BCUT2D eigenvalue weighted by molar-refractivity contribution is 7.16. The Morgan fingerprint density at radius 3 is 2.79 bits per heavy atom. The first-order chi connectivity index (χ1) is 8.91. The Morgan fingerprint density at radius 1 is 1.63 bits per heavy atom. The minimum absolute atomic E-state index is 0.000644. The quantitative estimate of drug-likeness (QED) is 0.813. The highest BCUT2D eigenvalue weighted by Crippen LogP contribution is 2.28. The van der Waals surface area contributed by atoms with Gasteiger partial charge in [-0.15, -0.1) is 11.3 Å². The van der Waals surface area contributed by atoms with E-state index in [0.29, 0.717) is 17.4 Å². The molecule has 0 radical (unpaired) electrons. The number of aliphatic hydroxyl groups is 1. The van der Waals surface area contributed by atoms with Gasteiger partial charge in [0.25, 0.3) is 0 Å². The number of ether oxygens (including phenoxy) is 1. The molecular weight excluding hydrogens is 286 g/mol. The van der Waals surface area contributed by atoms with Crippen LogP contribution in [0.5, 0.6) is 0 Å². The summed E-state index contributed by atoms with van der Waals surface area (Å²) in [7, 11) is 1.57. The van der Waals surface area contributed by atoms with Gasteiger partial charge in [0, 0.05) is 18.6 Å². The Kier molecular flexibility index (Phi) is 6.26. The molecule has 0 fully saturated rings. The number of nitrogens with one attached hydrogen (secondary N) is 1. The molecule has 2 unspecified atom stereocenters. The maximum atomic E-state index is 12.2. The van der Waals surface area contributed by atoms with Crippen LogP contribution in [-0.4, -0.2) is 36.9 Å². The van der Waals surface area contributed by atoms with E-state index in [9.17, 15) is 4.79 Å². The summed E-state index contributed by atoms with van der Waals surface area (Å²) in [5.74, 6) is -0.362. The zero-order chi connectivity index (χ0) is 14.5. The Morgan fingerprint density at radius 2 is 2.32 bits per heavy atom. The van der Waals surface area contributed by atoms with Crippen LogP contribution < -0.4 is 5.32 Å². The second-order valence-corrected chi connectivity index (χ2v) is 6.57. The predicted molar refractivity (Wildman–Crippen MR) is 77.9 cm³/mol. The largest absolute Gasteiger partial charge is 0.396 e. The summed E-state index contributed by atoms with van der Waals surface area (Å²) in [6.07, 6.45) is 0.449. The van der Waals surface area contributed by atoms with Crippen LogP contribution in [0.3, 0.4) is 0 Å². The van der Waals surface area contributed by atoms with Gasteiger partial charge in [-0.2, -0.15) is 0 Å². The minimum Gasteiger partial charge on any atom is -0.396 e. The second-order valence-electron chi connectivity index (χ2n) is 4.82. The number of hydrogen-bond donors (Lipinski definition) is 2. The van der Waals surface area contributed by atoms with E-state index in [1.807, 2.05) is 19.9 Å². The van der Waals surface area contributed by atoms with Crippen molar-refractivity contribution in [1.82, 2.24) is 5.32 Å². The molecule has 1 amide bonds. The molecule has 0 saturated heterocycles. The van der Waals surface area contributed by atoms with Gasteiger partial charge >= 0.3 is 0 Å². The molecule has 6 heteroatoms. The van der Waals surface area contributed by atoms with E-state index in [1.165, 1.54) is 11.3 Å². The molecule has 19 heavy (non-hydrogen) atoms. The third-order valence-corrected chi connectivity index (χ3v) is 4.38. The molecule has 2 atom stereocenters. The predicted octanol–water partition coefficient (Wildman–Crippen LogP) is 2.41. The van der Waals surface area contributed by atoms with E-state index < -0.39 is 5.54 Å². The lowest BCUT2D eigenvalue weighted by Gasteiger charge is -2.30. The highest BCUT2D eigenvalue weighted by atomic mass is 35.5. The number of aliphatic hydroxyl groups excluding tert-OH is 1. The van der Waals surface area contributed by atoms with E-state index >= 15 is 0 Å². The van der Waals surface area contributed by atoms with Gasteiger partial charge in [-0.1, -0.05) is 11.6 Å². The molecule has 1 heterocycles. The van der Waals surface area contributed by atoms with E-state index in [2.05, 4.69) is 5.32 Å². The number of methoxy groups -OCH3 is 1. The maximum absolute atomic E-state index is 12.2.